The smallest absolute Gasteiger partial charge is 0.176 e. The van der Waals surface area contributed by atoms with Gasteiger partial charge in [0.1, 0.15) is 0 Å². The molecule has 3 nitrogen and oxygen atoms in total. The molecule has 0 radical (unpaired) electrons. The summed E-state index contributed by atoms with van der Waals surface area (Å²) >= 11 is 0. The predicted molar refractivity (Wildman–Crippen MR) is 57.8 cm³/mol. The third kappa shape index (κ3) is 2.64. The summed E-state index contributed by atoms with van der Waals surface area (Å²) in [6.07, 6.45) is 0.524. The molecule has 0 amide bonds. The van der Waals surface area contributed by atoms with Crippen LogP contribution in [0.2, 0.25) is 0 Å². The number of ketones is 1. The second-order valence-corrected chi connectivity index (χ2v) is 3.97. The number of aliphatic hydroxyl groups excluding tert-OH is 1. The van der Waals surface area contributed by atoms with E-state index in [2.05, 4.69) is 0 Å². The molecule has 0 aliphatic carbocycles. The van der Waals surface area contributed by atoms with E-state index in [0.29, 0.717) is 13.1 Å². The summed E-state index contributed by atoms with van der Waals surface area (Å²) in [5.74, 6) is 0.129. The Kier molecular flexibility index (Phi) is 3.14. The van der Waals surface area contributed by atoms with Gasteiger partial charge in [0.15, 0.2) is 5.78 Å². The van der Waals surface area contributed by atoms with Gasteiger partial charge in [0.25, 0.3) is 0 Å². The Hall–Kier alpha value is -1.19. The highest BCUT2D eigenvalue weighted by molar-refractivity contribution is 5.97. The molecule has 1 N–H and O–H groups in total. The number of hydrogen-bond donors (Lipinski definition) is 1. The number of aliphatic hydroxyl groups is 1. The maximum absolute atomic E-state index is 11.8. The van der Waals surface area contributed by atoms with Gasteiger partial charge >= 0.3 is 0 Å². The van der Waals surface area contributed by atoms with Crippen molar-refractivity contribution in [3.8, 4) is 0 Å². The Morgan fingerprint density at radius 3 is 2.73 bits per heavy atom. The number of hydrogen-bond acceptors (Lipinski definition) is 3. The molecule has 0 bridgehead atoms. The minimum Gasteiger partial charge on any atom is -0.392 e. The van der Waals surface area contributed by atoms with Crippen LogP contribution in [0.15, 0.2) is 30.3 Å². The zero-order chi connectivity index (χ0) is 10.7. The quantitative estimate of drug-likeness (QED) is 0.746. The van der Waals surface area contributed by atoms with Crippen LogP contribution in [0.3, 0.4) is 0 Å². The van der Waals surface area contributed by atoms with Gasteiger partial charge in [-0.3, -0.25) is 9.69 Å². The van der Waals surface area contributed by atoms with Gasteiger partial charge in [-0.05, 0) is 6.42 Å². The van der Waals surface area contributed by atoms with Crippen molar-refractivity contribution in [2.75, 3.05) is 19.6 Å². The number of carbonyl (C=O) groups excluding carboxylic acids is 1. The average Bonchev–Trinajstić information content (AvgIpc) is 2.65. The van der Waals surface area contributed by atoms with E-state index in [1.165, 1.54) is 0 Å². The lowest BCUT2D eigenvalue weighted by molar-refractivity contribution is 0.0935. The molecule has 15 heavy (non-hydrogen) atoms. The Labute approximate surface area is 89.3 Å². The molecule has 1 aliphatic rings. The molecule has 1 aromatic rings. The summed E-state index contributed by atoms with van der Waals surface area (Å²) in [4.78, 5) is 13.8. The van der Waals surface area contributed by atoms with Crippen molar-refractivity contribution < 1.29 is 9.90 Å². The van der Waals surface area contributed by atoms with Gasteiger partial charge in [-0.1, -0.05) is 30.3 Å². The fraction of sp³-hybridized carbons (Fsp3) is 0.417. The molecule has 0 saturated carbocycles. The topological polar surface area (TPSA) is 40.5 Å². The molecule has 0 spiro atoms. The third-order valence-electron chi connectivity index (χ3n) is 2.71. The summed E-state index contributed by atoms with van der Waals surface area (Å²) in [6, 6.07) is 9.29. The van der Waals surface area contributed by atoms with Crippen LogP contribution in [0.1, 0.15) is 16.8 Å². The standard InChI is InChI=1S/C12H15NO2/c14-11-6-7-13(8-11)9-12(15)10-4-2-1-3-5-10/h1-5,11,14H,6-9H2/t11-/m1/s1. The van der Waals surface area contributed by atoms with E-state index in [0.717, 1.165) is 18.5 Å². The summed E-state index contributed by atoms with van der Waals surface area (Å²) in [6.45, 7) is 1.86. The van der Waals surface area contributed by atoms with Crippen LogP contribution < -0.4 is 0 Å². The van der Waals surface area contributed by atoms with Gasteiger partial charge < -0.3 is 5.11 Å². The predicted octanol–water partition coefficient (Wildman–Crippen LogP) is 0.936. The monoisotopic (exact) mass is 205 g/mol. The van der Waals surface area contributed by atoms with Crippen LogP contribution in [0.4, 0.5) is 0 Å². The van der Waals surface area contributed by atoms with Gasteiger partial charge in [0, 0.05) is 18.7 Å². The van der Waals surface area contributed by atoms with Crippen molar-refractivity contribution >= 4 is 5.78 Å². The van der Waals surface area contributed by atoms with Crippen molar-refractivity contribution in [1.29, 1.82) is 0 Å². The van der Waals surface area contributed by atoms with E-state index < -0.39 is 0 Å². The molecule has 1 aromatic carbocycles. The second-order valence-electron chi connectivity index (χ2n) is 3.97. The lowest BCUT2D eigenvalue weighted by Gasteiger charge is -2.13. The van der Waals surface area contributed by atoms with E-state index in [-0.39, 0.29) is 11.9 Å². The zero-order valence-corrected chi connectivity index (χ0v) is 8.60. The van der Waals surface area contributed by atoms with Gasteiger partial charge in [0.05, 0.1) is 12.6 Å². The molecule has 80 valence electrons. The van der Waals surface area contributed by atoms with Gasteiger partial charge in [-0.25, -0.2) is 0 Å². The second kappa shape index (κ2) is 4.55. The van der Waals surface area contributed by atoms with E-state index in [1.807, 2.05) is 35.2 Å². The van der Waals surface area contributed by atoms with Crippen LogP contribution in [0.25, 0.3) is 0 Å². The molecular weight excluding hydrogens is 190 g/mol. The van der Waals surface area contributed by atoms with Crippen molar-refractivity contribution in [3.63, 3.8) is 0 Å². The minimum atomic E-state index is -0.256. The zero-order valence-electron chi connectivity index (χ0n) is 8.60. The van der Waals surface area contributed by atoms with Gasteiger partial charge in [-0.2, -0.15) is 0 Å². The van der Waals surface area contributed by atoms with Crippen molar-refractivity contribution in [2.24, 2.45) is 0 Å². The van der Waals surface area contributed by atoms with Crippen molar-refractivity contribution in [3.05, 3.63) is 35.9 Å². The molecule has 1 saturated heterocycles. The number of rotatable bonds is 3. The highest BCUT2D eigenvalue weighted by atomic mass is 16.3. The summed E-state index contributed by atoms with van der Waals surface area (Å²) in [7, 11) is 0. The highest BCUT2D eigenvalue weighted by Gasteiger charge is 2.22. The van der Waals surface area contributed by atoms with Crippen LogP contribution in [0, 0.1) is 0 Å². The Morgan fingerprint density at radius 2 is 2.13 bits per heavy atom. The van der Waals surface area contributed by atoms with E-state index >= 15 is 0 Å². The summed E-state index contributed by atoms with van der Waals surface area (Å²) < 4.78 is 0. The molecule has 1 atom stereocenters. The minimum absolute atomic E-state index is 0.129. The number of likely N-dealkylation sites (tertiary alicyclic amines) is 1. The normalized spacial score (nSPS) is 21.8. The third-order valence-corrected chi connectivity index (χ3v) is 2.71. The fourth-order valence-electron chi connectivity index (χ4n) is 1.87. The molecule has 0 unspecified atom stereocenters. The van der Waals surface area contributed by atoms with E-state index in [1.54, 1.807) is 0 Å². The first-order valence-corrected chi connectivity index (χ1v) is 5.24. The molecular formula is C12H15NO2. The Morgan fingerprint density at radius 1 is 1.40 bits per heavy atom. The molecule has 0 aromatic heterocycles. The Bertz CT molecular complexity index is 337. The number of nitrogens with zero attached hydrogens (tertiary/aromatic N) is 1. The molecule has 1 aliphatic heterocycles. The lowest BCUT2D eigenvalue weighted by atomic mass is 10.1. The highest BCUT2D eigenvalue weighted by Crippen LogP contribution is 2.10. The molecule has 1 fully saturated rings. The first-order valence-electron chi connectivity index (χ1n) is 5.24. The van der Waals surface area contributed by atoms with Crippen molar-refractivity contribution in [2.45, 2.75) is 12.5 Å². The maximum Gasteiger partial charge on any atom is 0.176 e. The lowest BCUT2D eigenvalue weighted by Crippen LogP contribution is -2.28. The SMILES string of the molecule is O=C(CN1CC[C@@H](O)C1)c1ccccc1. The van der Waals surface area contributed by atoms with Crippen LogP contribution in [-0.2, 0) is 0 Å². The van der Waals surface area contributed by atoms with Crippen LogP contribution >= 0.6 is 0 Å². The molecule has 1 heterocycles. The van der Waals surface area contributed by atoms with Crippen LogP contribution in [-0.4, -0.2) is 41.5 Å². The van der Waals surface area contributed by atoms with Crippen molar-refractivity contribution in [1.82, 2.24) is 4.90 Å². The Balaban J connectivity index is 1.93. The van der Waals surface area contributed by atoms with Crippen LogP contribution in [0.5, 0.6) is 0 Å². The summed E-state index contributed by atoms with van der Waals surface area (Å²) in [5, 5.41) is 9.33. The number of benzene rings is 1. The first kappa shape index (κ1) is 10.3. The first-order chi connectivity index (χ1) is 7.25. The number of β-amino-alcohol motifs (C(OH)–C–C–N with tert-alkyl or cyclic N) is 1. The average molecular weight is 205 g/mol. The number of Topliss-reactive ketones (excluding diaryl/α,β-unsaturated/α-hetero) is 1. The van der Waals surface area contributed by atoms with E-state index in [9.17, 15) is 9.90 Å². The summed E-state index contributed by atoms with van der Waals surface area (Å²) in [5.41, 5.74) is 0.749. The fourth-order valence-corrected chi connectivity index (χ4v) is 1.87. The van der Waals surface area contributed by atoms with E-state index in [4.69, 9.17) is 0 Å². The molecule has 3 heteroatoms. The maximum atomic E-state index is 11.8. The largest absolute Gasteiger partial charge is 0.392 e. The number of carbonyl (C=O) groups is 1. The van der Waals surface area contributed by atoms with Gasteiger partial charge in [0.2, 0.25) is 0 Å². The molecule has 2 rings (SSSR count). The van der Waals surface area contributed by atoms with Gasteiger partial charge in [-0.15, -0.1) is 0 Å².